The van der Waals surface area contributed by atoms with Gasteiger partial charge >= 0.3 is 5.97 Å². The molecule has 0 aromatic rings. The van der Waals surface area contributed by atoms with Crippen molar-refractivity contribution in [3.8, 4) is 0 Å². The van der Waals surface area contributed by atoms with Crippen LogP contribution in [0.15, 0.2) is 12.2 Å². The molecule has 2 nitrogen and oxygen atoms in total. The molecule has 1 aliphatic carbocycles. The molecule has 0 saturated heterocycles. The van der Waals surface area contributed by atoms with Gasteiger partial charge in [0.15, 0.2) is 0 Å². The zero-order valence-corrected chi connectivity index (χ0v) is 8.20. The van der Waals surface area contributed by atoms with Crippen molar-refractivity contribution in [2.45, 2.75) is 39.0 Å². The van der Waals surface area contributed by atoms with Crippen LogP contribution >= 0.6 is 0 Å². The van der Waals surface area contributed by atoms with Crippen molar-refractivity contribution in [1.82, 2.24) is 0 Å². The third kappa shape index (κ3) is 3.21. The minimum Gasteiger partial charge on any atom is -0.481 e. The maximum absolute atomic E-state index is 10.8. The van der Waals surface area contributed by atoms with E-state index in [9.17, 15) is 4.79 Å². The number of hydrogen-bond acceptors (Lipinski definition) is 1. The lowest BCUT2D eigenvalue weighted by molar-refractivity contribution is -0.140. The summed E-state index contributed by atoms with van der Waals surface area (Å²) in [7, 11) is 0. The van der Waals surface area contributed by atoms with E-state index in [1.54, 1.807) is 0 Å². The topological polar surface area (TPSA) is 37.3 Å². The number of rotatable bonds is 5. The smallest absolute Gasteiger partial charge is 0.310 e. The van der Waals surface area contributed by atoms with Crippen molar-refractivity contribution in [2.75, 3.05) is 0 Å². The van der Waals surface area contributed by atoms with Gasteiger partial charge in [0, 0.05) is 0 Å². The molecule has 2 heteroatoms. The van der Waals surface area contributed by atoms with Crippen molar-refractivity contribution in [3.63, 3.8) is 0 Å². The minimum absolute atomic E-state index is 0.245. The third-order valence-corrected chi connectivity index (χ3v) is 2.73. The number of carboxylic acids is 1. The molecule has 0 spiro atoms. The van der Waals surface area contributed by atoms with E-state index >= 15 is 0 Å². The summed E-state index contributed by atoms with van der Waals surface area (Å²) in [5, 5.41) is 8.92. The van der Waals surface area contributed by atoms with E-state index in [4.69, 9.17) is 5.11 Å². The molecule has 0 amide bonds. The molecule has 74 valence electrons. The molecule has 0 bridgehead atoms. The second-order valence-corrected chi connectivity index (χ2v) is 3.81. The van der Waals surface area contributed by atoms with E-state index in [-0.39, 0.29) is 5.92 Å². The van der Waals surface area contributed by atoms with Crippen LogP contribution in [0, 0.1) is 11.8 Å². The first-order valence-corrected chi connectivity index (χ1v) is 5.13. The summed E-state index contributed by atoms with van der Waals surface area (Å²) in [6, 6.07) is 0. The van der Waals surface area contributed by atoms with Gasteiger partial charge in [-0.1, -0.05) is 38.3 Å². The molecule has 0 aromatic heterocycles. The van der Waals surface area contributed by atoms with Gasteiger partial charge < -0.3 is 5.11 Å². The molecule has 0 heterocycles. The summed E-state index contributed by atoms with van der Waals surface area (Å²) in [5.74, 6) is -0.246. The summed E-state index contributed by atoms with van der Waals surface area (Å²) < 4.78 is 0. The van der Waals surface area contributed by atoms with Crippen molar-refractivity contribution in [2.24, 2.45) is 11.8 Å². The lowest BCUT2D eigenvalue weighted by Crippen LogP contribution is -2.20. The van der Waals surface area contributed by atoms with Crippen molar-refractivity contribution in [3.05, 3.63) is 12.2 Å². The van der Waals surface area contributed by atoms with E-state index in [0.717, 1.165) is 12.8 Å². The van der Waals surface area contributed by atoms with Gasteiger partial charge in [0.05, 0.1) is 5.92 Å². The summed E-state index contributed by atoms with van der Waals surface area (Å²) in [4.78, 5) is 10.8. The SMILES string of the molecule is CCC=CC(CC1CCC1)C(=O)O. The van der Waals surface area contributed by atoms with Crippen LogP contribution < -0.4 is 0 Å². The van der Waals surface area contributed by atoms with Crippen LogP contribution in [0.1, 0.15) is 39.0 Å². The molecule has 1 unspecified atom stereocenters. The molecule has 1 saturated carbocycles. The Balaban J connectivity index is 2.36. The van der Waals surface area contributed by atoms with Crippen LogP contribution in [0.25, 0.3) is 0 Å². The van der Waals surface area contributed by atoms with Gasteiger partial charge in [0.1, 0.15) is 0 Å². The molecular formula is C11H18O2. The molecular weight excluding hydrogens is 164 g/mol. The Hall–Kier alpha value is -0.790. The van der Waals surface area contributed by atoms with E-state index in [1.807, 2.05) is 19.1 Å². The van der Waals surface area contributed by atoms with Crippen molar-refractivity contribution in [1.29, 1.82) is 0 Å². The van der Waals surface area contributed by atoms with Gasteiger partial charge in [-0.3, -0.25) is 4.79 Å². The molecule has 0 radical (unpaired) electrons. The number of allylic oxidation sites excluding steroid dienone is 1. The first-order chi connectivity index (χ1) is 6.24. The summed E-state index contributed by atoms with van der Waals surface area (Å²) in [6.45, 7) is 2.03. The van der Waals surface area contributed by atoms with Gasteiger partial charge in [-0.2, -0.15) is 0 Å². The highest BCUT2D eigenvalue weighted by Gasteiger charge is 2.24. The van der Waals surface area contributed by atoms with Crippen LogP contribution in [-0.4, -0.2) is 11.1 Å². The monoisotopic (exact) mass is 182 g/mol. The van der Waals surface area contributed by atoms with Crippen LogP contribution in [0.4, 0.5) is 0 Å². The van der Waals surface area contributed by atoms with Crippen LogP contribution in [0.5, 0.6) is 0 Å². The van der Waals surface area contributed by atoms with E-state index < -0.39 is 5.97 Å². The van der Waals surface area contributed by atoms with E-state index in [0.29, 0.717) is 5.92 Å². The molecule has 1 aliphatic rings. The average Bonchev–Trinajstić information content (AvgIpc) is 2.01. The molecule has 1 N–H and O–H groups in total. The normalized spacial score (nSPS) is 20.1. The zero-order chi connectivity index (χ0) is 9.68. The second kappa shape index (κ2) is 5.05. The fraction of sp³-hybridized carbons (Fsp3) is 0.727. The van der Waals surface area contributed by atoms with E-state index in [2.05, 4.69) is 0 Å². The Morgan fingerprint density at radius 2 is 2.31 bits per heavy atom. The highest BCUT2D eigenvalue weighted by molar-refractivity contribution is 5.72. The number of carbonyl (C=O) groups is 1. The Labute approximate surface area is 79.6 Å². The van der Waals surface area contributed by atoms with E-state index in [1.165, 1.54) is 19.3 Å². The summed E-state index contributed by atoms with van der Waals surface area (Å²) in [5.41, 5.74) is 0. The molecule has 0 aromatic carbocycles. The minimum atomic E-state index is -0.670. The molecule has 1 atom stereocenters. The van der Waals surface area contributed by atoms with Gasteiger partial charge in [0.25, 0.3) is 0 Å². The zero-order valence-electron chi connectivity index (χ0n) is 8.20. The molecule has 1 fully saturated rings. The Kier molecular flexibility index (Phi) is 4.00. The predicted molar refractivity (Wildman–Crippen MR) is 52.5 cm³/mol. The van der Waals surface area contributed by atoms with Crippen molar-refractivity contribution < 1.29 is 9.90 Å². The summed E-state index contributed by atoms with van der Waals surface area (Å²) >= 11 is 0. The van der Waals surface area contributed by atoms with Gasteiger partial charge in [-0.05, 0) is 18.8 Å². The van der Waals surface area contributed by atoms with Crippen LogP contribution in [0.3, 0.4) is 0 Å². The largest absolute Gasteiger partial charge is 0.481 e. The van der Waals surface area contributed by atoms with Gasteiger partial charge in [-0.15, -0.1) is 0 Å². The third-order valence-electron chi connectivity index (χ3n) is 2.73. The first-order valence-electron chi connectivity index (χ1n) is 5.13. The molecule has 1 rings (SSSR count). The second-order valence-electron chi connectivity index (χ2n) is 3.81. The highest BCUT2D eigenvalue weighted by Crippen LogP contribution is 2.32. The van der Waals surface area contributed by atoms with Gasteiger partial charge in [0.2, 0.25) is 0 Å². The fourth-order valence-corrected chi connectivity index (χ4v) is 1.65. The quantitative estimate of drug-likeness (QED) is 0.664. The highest BCUT2D eigenvalue weighted by atomic mass is 16.4. The number of hydrogen-bond donors (Lipinski definition) is 1. The van der Waals surface area contributed by atoms with Crippen LogP contribution in [-0.2, 0) is 4.79 Å². The first kappa shape index (κ1) is 10.3. The lowest BCUT2D eigenvalue weighted by Gasteiger charge is -2.26. The molecule has 13 heavy (non-hydrogen) atoms. The summed E-state index contributed by atoms with van der Waals surface area (Å²) in [6.07, 6.45) is 9.31. The maximum Gasteiger partial charge on any atom is 0.310 e. The molecule has 0 aliphatic heterocycles. The standard InChI is InChI=1S/C11H18O2/c1-2-3-7-10(11(12)13)8-9-5-4-6-9/h3,7,9-10H,2,4-6,8H2,1H3,(H,12,13). The fourth-order valence-electron chi connectivity index (χ4n) is 1.65. The number of aliphatic carboxylic acids is 1. The van der Waals surface area contributed by atoms with Gasteiger partial charge in [-0.25, -0.2) is 0 Å². The average molecular weight is 182 g/mol. The van der Waals surface area contributed by atoms with Crippen molar-refractivity contribution >= 4 is 5.97 Å². The number of carboxylic acid groups (broad SMARTS) is 1. The lowest BCUT2D eigenvalue weighted by atomic mass is 9.79. The van der Waals surface area contributed by atoms with Crippen LogP contribution in [0.2, 0.25) is 0 Å². The Bertz CT molecular complexity index is 192. The predicted octanol–water partition coefficient (Wildman–Crippen LogP) is 2.84. The Morgan fingerprint density at radius 3 is 2.69 bits per heavy atom. The maximum atomic E-state index is 10.8. The Morgan fingerprint density at radius 1 is 1.62 bits per heavy atom.